The molecule has 1 aromatic carbocycles. The minimum atomic E-state index is 0.00507. The zero-order chi connectivity index (χ0) is 12.7. The number of nitrogens with one attached hydrogen (secondary N) is 1. The van der Waals surface area contributed by atoms with Crippen molar-refractivity contribution in [2.45, 2.75) is 6.42 Å². The van der Waals surface area contributed by atoms with Crippen LogP contribution in [0.3, 0.4) is 0 Å². The number of benzene rings is 1. The van der Waals surface area contributed by atoms with E-state index in [9.17, 15) is 0 Å². The normalized spacial score (nSPS) is 11.1. The number of methoxy groups -OCH3 is 2. The van der Waals surface area contributed by atoms with Crippen LogP contribution in [-0.4, -0.2) is 31.9 Å². The van der Waals surface area contributed by atoms with E-state index >= 15 is 0 Å². The van der Waals surface area contributed by atoms with E-state index in [-0.39, 0.29) is 5.96 Å². The van der Waals surface area contributed by atoms with Crippen molar-refractivity contribution in [3.8, 4) is 11.5 Å². The first kappa shape index (κ1) is 13.1. The Morgan fingerprint density at radius 1 is 1.35 bits per heavy atom. The van der Waals surface area contributed by atoms with Gasteiger partial charge in [-0.3, -0.25) is 10.2 Å². The third-order valence-electron chi connectivity index (χ3n) is 2.25. The SMILES string of the molecule is COc1ccc(CCN=C(N)NO)cc1OC. The molecule has 0 heterocycles. The van der Waals surface area contributed by atoms with Crippen LogP contribution in [0.5, 0.6) is 11.5 Å². The largest absolute Gasteiger partial charge is 0.493 e. The maximum atomic E-state index is 8.44. The summed E-state index contributed by atoms with van der Waals surface area (Å²) >= 11 is 0. The monoisotopic (exact) mass is 239 g/mol. The molecule has 0 amide bonds. The van der Waals surface area contributed by atoms with Gasteiger partial charge in [0.05, 0.1) is 14.2 Å². The number of aliphatic imine (C=N–C) groups is 1. The molecule has 0 aromatic heterocycles. The molecule has 4 N–H and O–H groups in total. The van der Waals surface area contributed by atoms with Gasteiger partial charge in [-0.15, -0.1) is 0 Å². The molecule has 17 heavy (non-hydrogen) atoms. The van der Waals surface area contributed by atoms with Crippen molar-refractivity contribution in [3.63, 3.8) is 0 Å². The van der Waals surface area contributed by atoms with Gasteiger partial charge in [-0.25, -0.2) is 5.48 Å². The number of nitrogens with zero attached hydrogens (tertiary/aromatic N) is 1. The van der Waals surface area contributed by atoms with Crippen LogP contribution >= 0.6 is 0 Å². The van der Waals surface area contributed by atoms with Gasteiger partial charge in [0, 0.05) is 6.54 Å². The smallest absolute Gasteiger partial charge is 0.212 e. The van der Waals surface area contributed by atoms with E-state index in [0.717, 1.165) is 5.56 Å². The summed E-state index contributed by atoms with van der Waals surface area (Å²) in [5, 5.41) is 8.44. The van der Waals surface area contributed by atoms with E-state index in [1.165, 1.54) is 0 Å². The number of hydroxylamine groups is 1. The summed E-state index contributed by atoms with van der Waals surface area (Å²) in [6, 6.07) is 5.65. The summed E-state index contributed by atoms with van der Waals surface area (Å²) in [4.78, 5) is 3.90. The molecule has 6 heteroatoms. The van der Waals surface area contributed by atoms with E-state index in [1.807, 2.05) is 18.2 Å². The Labute approximate surface area is 100 Å². The molecule has 0 aliphatic rings. The highest BCUT2D eigenvalue weighted by Crippen LogP contribution is 2.27. The molecule has 6 nitrogen and oxygen atoms in total. The highest BCUT2D eigenvalue weighted by Gasteiger charge is 2.03. The quantitative estimate of drug-likeness (QED) is 0.396. The summed E-state index contributed by atoms with van der Waals surface area (Å²) in [5.41, 5.74) is 8.11. The van der Waals surface area contributed by atoms with Crippen LogP contribution in [0.4, 0.5) is 0 Å². The van der Waals surface area contributed by atoms with Gasteiger partial charge in [-0.05, 0) is 24.1 Å². The van der Waals surface area contributed by atoms with Crippen molar-refractivity contribution >= 4 is 5.96 Å². The molecular formula is C11H17N3O3. The second-order valence-corrected chi connectivity index (χ2v) is 3.32. The molecule has 0 aliphatic carbocycles. The molecule has 0 radical (unpaired) electrons. The van der Waals surface area contributed by atoms with Crippen LogP contribution in [0.25, 0.3) is 0 Å². The van der Waals surface area contributed by atoms with Gasteiger partial charge in [0.2, 0.25) is 5.96 Å². The molecule has 0 spiro atoms. The van der Waals surface area contributed by atoms with Crippen molar-refractivity contribution in [1.29, 1.82) is 0 Å². The number of hydrogen-bond donors (Lipinski definition) is 3. The average Bonchev–Trinajstić information content (AvgIpc) is 2.38. The third-order valence-corrected chi connectivity index (χ3v) is 2.25. The first-order valence-electron chi connectivity index (χ1n) is 5.12. The number of guanidine groups is 1. The Balaban J connectivity index is 2.66. The highest BCUT2D eigenvalue weighted by molar-refractivity contribution is 5.76. The second kappa shape index (κ2) is 6.59. The lowest BCUT2D eigenvalue weighted by Gasteiger charge is -2.08. The maximum Gasteiger partial charge on any atom is 0.212 e. The predicted octanol–water partition coefficient (Wildman–Crippen LogP) is 0.540. The van der Waals surface area contributed by atoms with E-state index in [1.54, 1.807) is 19.7 Å². The summed E-state index contributed by atoms with van der Waals surface area (Å²) in [5.74, 6) is 1.38. The number of rotatable bonds is 5. The van der Waals surface area contributed by atoms with Crippen LogP contribution in [0.1, 0.15) is 5.56 Å². The lowest BCUT2D eigenvalue weighted by molar-refractivity contribution is 0.232. The third kappa shape index (κ3) is 3.84. The van der Waals surface area contributed by atoms with Gasteiger partial charge in [0.1, 0.15) is 0 Å². The number of ether oxygens (including phenoxy) is 2. The molecule has 0 saturated heterocycles. The van der Waals surface area contributed by atoms with Crippen LogP contribution < -0.4 is 20.7 Å². The lowest BCUT2D eigenvalue weighted by atomic mass is 10.1. The van der Waals surface area contributed by atoms with Crippen LogP contribution in [0, 0.1) is 0 Å². The number of nitrogens with two attached hydrogens (primary N) is 1. The molecule has 0 bridgehead atoms. The standard InChI is InChI=1S/C11H17N3O3/c1-16-9-4-3-8(7-10(9)17-2)5-6-13-11(12)14-15/h3-4,7,15H,5-6H2,1-2H3,(H3,12,13,14). The molecular weight excluding hydrogens is 222 g/mol. The van der Waals surface area contributed by atoms with Crippen molar-refractivity contribution in [2.75, 3.05) is 20.8 Å². The molecule has 1 rings (SSSR count). The first-order chi connectivity index (χ1) is 8.21. The molecule has 0 unspecified atom stereocenters. The molecule has 0 aliphatic heterocycles. The minimum Gasteiger partial charge on any atom is -0.493 e. The summed E-state index contributed by atoms with van der Waals surface area (Å²) in [6.45, 7) is 0.481. The Kier molecular flexibility index (Phi) is 5.09. The topological polar surface area (TPSA) is 89.1 Å². The Hall–Kier alpha value is -1.95. The van der Waals surface area contributed by atoms with Gasteiger partial charge in [-0.2, -0.15) is 0 Å². The van der Waals surface area contributed by atoms with Crippen molar-refractivity contribution in [2.24, 2.45) is 10.7 Å². The van der Waals surface area contributed by atoms with E-state index in [4.69, 9.17) is 20.4 Å². The van der Waals surface area contributed by atoms with Crippen LogP contribution in [0.15, 0.2) is 23.2 Å². The molecule has 1 aromatic rings. The van der Waals surface area contributed by atoms with Crippen LogP contribution in [-0.2, 0) is 6.42 Å². The minimum absolute atomic E-state index is 0.00507. The highest BCUT2D eigenvalue weighted by atomic mass is 16.5. The molecule has 94 valence electrons. The molecule has 0 saturated carbocycles. The van der Waals surface area contributed by atoms with Crippen molar-refractivity contribution in [1.82, 2.24) is 5.48 Å². The Morgan fingerprint density at radius 3 is 2.65 bits per heavy atom. The summed E-state index contributed by atoms with van der Waals surface area (Å²) in [7, 11) is 3.18. The van der Waals surface area contributed by atoms with Gasteiger partial charge >= 0.3 is 0 Å². The average molecular weight is 239 g/mol. The zero-order valence-corrected chi connectivity index (χ0v) is 9.93. The first-order valence-corrected chi connectivity index (χ1v) is 5.12. The molecule has 0 fully saturated rings. The van der Waals surface area contributed by atoms with Crippen LogP contribution in [0.2, 0.25) is 0 Å². The van der Waals surface area contributed by atoms with Gasteiger partial charge < -0.3 is 15.2 Å². The summed E-state index contributed by atoms with van der Waals surface area (Å²) in [6.07, 6.45) is 0.697. The van der Waals surface area contributed by atoms with E-state index < -0.39 is 0 Å². The fourth-order valence-corrected chi connectivity index (χ4v) is 1.38. The van der Waals surface area contributed by atoms with E-state index in [2.05, 4.69) is 4.99 Å². The lowest BCUT2D eigenvalue weighted by Crippen LogP contribution is -2.28. The zero-order valence-electron chi connectivity index (χ0n) is 9.93. The fourth-order valence-electron chi connectivity index (χ4n) is 1.38. The van der Waals surface area contributed by atoms with Gasteiger partial charge in [0.25, 0.3) is 0 Å². The number of hydrogen-bond acceptors (Lipinski definition) is 4. The molecule has 0 atom stereocenters. The maximum absolute atomic E-state index is 8.44. The Bertz CT molecular complexity index is 394. The van der Waals surface area contributed by atoms with Crippen molar-refractivity contribution in [3.05, 3.63) is 23.8 Å². The summed E-state index contributed by atoms with van der Waals surface area (Å²) < 4.78 is 10.3. The van der Waals surface area contributed by atoms with Crippen molar-refractivity contribution < 1.29 is 14.7 Å². The van der Waals surface area contributed by atoms with Gasteiger partial charge in [0.15, 0.2) is 11.5 Å². The second-order valence-electron chi connectivity index (χ2n) is 3.32. The Morgan fingerprint density at radius 2 is 2.06 bits per heavy atom. The predicted molar refractivity (Wildman–Crippen MR) is 64.7 cm³/mol. The van der Waals surface area contributed by atoms with Gasteiger partial charge in [-0.1, -0.05) is 6.07 Å². The van der Waals surface area contributed by atoms with E-state index in [0.29, 0.717) is 24.5 Å². The fraction of sp³-hybridized carbons (Fsp3) is 0.364.